The van der Waals surface area contributed by atoms with Crippen LogP contribution in [0.2, 0.25) is 0 Å². The predicted molar refractivity (Wildman–Crippen MR) is 85.8 cm³/mol. The Kier molecular flexibility index (Phi) is 6.42. The van der Waals surface area contributed by atoms with Crippen molar-refractivity contribution in [2.24, 2.45) is 0 Å². The molecular weight excluding hydrogens is 334 g/mol. The summed E-state index contributed by atoms with van der Waals surface area (Å²) in [6, 6.07) is 7.80. The van der Waals surface area contributed by atoms with Crippen LogP contribution in [0, 0.1) is 0 Å². The van der Waals surface area contributed by atoms with E-state index in [1.807, 2.05) is 35.2 Å². The first-order valence-corrected chi connectivity index (χ1v) is 7.94. The van der Waals surface area contributed by atoms with Crippen molar-refractivity contribution in [2.75, 3.05) is 26.3 Å². The maximum Gasteiger partial charge on any atom is 0.246 e. The number of rotatable bonds is 5. The normalized spacial score (nSPS) is 16.6. The highest BCUT2D eigenvalue weighted by atomic mass is 79.9. The van der Waals surface area contributed by atoms with E-state index in [0.29, 0.717) is 19.7 Å². The Hall–Kier alpha value is -1.17. The molecular formula is C16H20BrNO3. The standard InChI is InChI=1S/C16H20BrNO3/c17-15-4-2-1-3-13(15)5-6-16(20)18-9-7-14(8-10-18)21-12-11-19/h1-6,14,19H,7-12H2/b6-5+. The van der Waals surface area contributed by atoms with Crippen LogP contribution in [0.5, 0.6) is 0 Å². The molecule has 0 bridgehead atoms. The minimum Gasteiger partial charge on any atom is -0.394 e. The van der Waals surface area contributed by atoms with E-state index >= 15 is 0 Å². The van der Waals surface area contributed by atoms with Gasteiger partial charge in [0, 0.05) is 23.6 Å². The van der Waals surface area contributed by atoms with E-state index in [0.717, 1.165) is 22.9 Å². The first-order valence-electron chi connectivity index (χ1n) is 7.14. The second kappa shape index (κ2) is 8.32. The van der Waals surface area contributed by atoms with Gasteiger partial charge in [-0.3, -0.25) is 4.79 Å². The fraction of sp³-hybridized carbons (Fsp3) is 0.438. The molecule has 1 heterocycles. The highest BCUT2D eigenvalue weighted by Crippen LogP contribution is 2.18. The van der Waals surface area contributed by atoms with Crippen LogP contribution in [0.25, 0.3) is 6.08 Å². The number of hydrogen-bond donors (Lipinski definition) is 1. The number of halogens is 1. The quantitative estimate of drug-likeness (QED) is 0.827. The molecule has 1 amide bonds. The molecule has 5 heteroatoms. The van der Waals surface area contributed by atoms with Gasteiger partial charge in [0.2, 0.25) is 5.91 Å². The van der Waals surface area contributed by atoms with Crippen LogP contribution in [-0.4, -0.2) is 48.3 Å². The Labute approximate surface area is 133 Å². The molecule has 114 valence electrons. The summed E-state index contributed by atoms with van der Waals surface area (Å²) < 4.78 is 6.47. The molecule has 1 saturated heterocycles. The van der Waals surface area contributed by atoms with Gasteiger partial charge < -0.3 is 14.7 Å². The highest BCUT2D eigenvalue weighted by Gasteiger charge is 2.21. The molecule has 1 aliphatic heterocycles. The van der Waals surface area contributed by atoms with Crippen molar-refractivity contribution in [1.29, 1.82) is 0 Å². The number of amides is 1. The van der Waals surface area contributed by atoms with Gasteiger partial charge in [0.25, 0.3) is 0 Å². The van der Waals surface area contributed by atoms with E-state index in [-0.39, 0.29) is 18.6 Å². The third-order valence-electron chi connectivity index (χ3n) is 3.51. The van der Waals surface area contributed by atoms with Crippen LogP contribution < -0.4 is 0 Å². The third-order valence-corrected chi connectivity index (χ3v) is 4.23. The Balaban J connectivity index is 1.84. The molecule has 0 aliphatic carbocycles. The zero-order chi connectivity index (χ0) is 15.1. The second-order valence-corrected chi connectivity index (χ2v) is 5.83. The predicted octanol–water partition coefficient (Wildman–Crippen LogP) is 2.46. The van der Waals surface area contributed by atoms with Crippen LogP contribution in [0.1, 0.15) is 18.4 Å². The molecule has 1 fully saturated rings. The number of ether oxygens (including phenoxy) is 1. The number of likely N-dealkylation sites (tertiary alicyclic amines) is 1. The largest absolute Gasteiger partial charge is 0.394 e. The van der Waals surface area contributed by atoms with Gasteiger partial charge in [-0.2, -0.15) is 0 Å². The van der Waals surface area contributed by atoms with Gasteiger partial charge in [-0.25, -0.2) is 0 Å². The highest BCUT2D eigenvalue weighted by molar-refractivity contribution is 9.10. The molecule has 0 radical (unpaired) electrons. The summed E-state index contributed by atoms with van der Waals surface area (Å²) in [5, 5.41) is 8.74. The molecule has 21 heavy (non-hydrogen) atoms. The van der Waals surface area contributed by atoms with Crippen molar-refractivity contribution < 1.29 is 14.6 Å². The van der Waals surface area contributed by atoms with E-state index in [1.165, 1.54) is 0 Å². The monoisotopic (exact) mass is 353 g/mol. The van der Waals surface area contributed by atoms with Crippen LogP contribution >= 0.6 is 15.9 Å². The van der Waals surface area contributed by atoms with Crippen LogP contribution in [0.15, 0.2) is 34.8 Å². The van der Waals surface area contributed by atoms with Gasteiger partial charge in [-0.15, -0.1) is 0 Å². The van der Waals surface area contributed by atoms with Gasteiger partial charge in [-0.1, -0.05) is 34.1 Å². The van der Waals surface area contributed by atoms with Gasteiger partial charge in [0.05, 0.1) is 19.3 Å². The Morgan fingerprint density at radius 1 is 1.38 bits per heavy atom. The molecule has 1 N–H and O–H groups in total. The molecule has 2 rings (SSSR count). The lowest BCUT2D eigenvalue weighted by Gasteiger charge is -2.31. The van der Waals surface area contributed by atoms with Gasteiger partial charge in [0.15, 0.2) is 0 Å². The Morgan fingerprint density at radius 2 is 2.10 bits per heavy atom. The zero-order valence-electron chi connectivity index (χ0n) is 11.9. The summed E-state index contributed by atoms with van der Waals surface area (Å²) >= 11 is 3.46. The fourth-order valence-corrected chi connectivity index (χ4v) is 2.76. The van der Waals surface area contributed by atoms with Gasteiger partial charge >= 0.3 is 0 Å². The number of hydrogen-bond acceptors (Lipinski definition) is 3. The summed E-state index contributed by atoms with van der Waals surface area (Å²) in [4.78, 5) is 14.0. The van der Waals surface area contributed by atoms with Gasteiger partial charge in [0.1, 0.15) is 0 Å². The van der Waals surface area contributed by atoms with E-state index in [1.54, 1.807) is 6.08 Å². The van der Waals surface area contributed by atoms with Crippen molar-refractivity contribution in [3.05, 3.63) is 40.4 Å². The van der Waals surface area contributed by atoms with Crippen molar-refractivity contribution in [1.82, 2.24) is 4.90 Å². The topological polar surface area (TPSA) is 49.8 Å². The Bertz CT molecular complexity index is 496. The minimum atomic E-state index is 0.0337. The molecule has 0 saturated carbocycles. The molecule has 4 nitrogen and oxygen atoms in total. The summed E-state index contributed by atoms with van der Waals surface area (Å²) in [5.74, 6) is 0.0337. The molecule has 0 atom stereocenters. The van der Waals surface area contributed by atoms with E-state index < -0.39 is 0 Å². The molecule has 1 aromatic rings. The molecule has 0 spiro atoms. The molecule has 0 unspecified atom stereocenters. The minimum absolute atomic E-state index is 0.0337. The van der Waals surface area contributed by atoms with Crippen molar-refractivity contribution in [2.45, 2.75) is 18.9 Å². The average Bonchev–Trinajstić information content (AvgIpc) is 2.52. The molecule has 0 aromatic heterocycles. The average molecular weight is 354 g/mol. The van der Waals surface area contributed by atoms with Crippen LogP contribution in [-0.2, 0) is 9.53 Å². The maximum atomic E-state index is 12.1. The number of nitrogens with zero attached hydrogens (tertiary/aromatic N) is 1. The lowest BCUT2D eigenvalue weighted by atomic mass is 10.1. The van der Waals surface area contributed by atoms with Crippen molar-refractivity contribution in [3.63, 3.8) is 0 Å². The number of piperidine rings is 1. The third kappa shape index (κ3) is 4.95. The van der Waals surface area contributed by atoms with Gasteiger partial charge in [-0.05, 0) is 30.5 Å². The summed E-state index contributed by atoms with van der Waals surface area (Å²) in [6.07, 6.45) is 5.27. The lowest BCUT2D eigenvalue weighted by Crippen LogP contribution is -2.40. The number of aliphatic hydroxyl groups excluding tert-OH is 1. The SMILES string of the molecule is O=C(/C=C/c1ccccc1Br)N1CCC(OCCO)CC1. The maximum absolute atomic E-state index is 12.1. The molecule has 1 aromatic carbocycles. The van der Waals surface area contributed by atoms with E-state index in [4.69, 9.17) is 9.84 Å². The summed E-state index contributed by atoms with van der Waals surface area (Å²) in [5.41, 5.74) is 0.993. The fourth-order valence-electron chi connectivity index (χ4n) is 2.34. The Morgan fingerprint density at radius 3 is 2.76 bits per heavy atom. The first-order chi connectivity index (χ1) is 10.2. The van der Waals surface area contributed by atoms with Crippen molar-refractivity contribution >= 4 is 27.9 Å². The summed E-state index contributed by atoms with van der Waals surface area (Å²) in [7, 11) is 0. The zero-order valence-corrected chi connectivity index (χ0v) is 13.5. The number of aliphatic hydroxyl groups is 1. The molecule has 1 aliphatic rings. The smallest absolute Gasteiger partial charge is 0.246 e. The second-order valence-electron chi connectivity index (χ2n) is 4.97. The number of carbonyl (C=O) groups excluding carboxylic acids is 1. The van der Waals surface area contributed by atoms with E-state index in [9.17, 15) is 4.79 Å². The number of carbonyl (C=O) groups is 1. The van der Waals surface area contributed by atoms with Crippen LogP contribution in [0.4, 0.5) is 0 Å². The first kappa shape index (κ1) is 16.2. The van der Waals surface area contributed by atoms with Crippen LogP contribution in [0.3, 0.4) is 0 Å². The number of benzene rings is 1. The van der Waals surface area contributed by atoms with Crippen molar-refractivity contribution in [3.8, 4) is 0 Å². The lowest BCUT2D eigenvalue weighted by molar-refractivity contribution is -0.128. The summed E-state index contributed by atoms with van der Waals surface area (Å²) in [6.45, 7) is 1.83. The van der Waals surface area contributed by atoms with E-state index in [2.05, 4.69) is 15.9 Å².